The van der Waals surface area contributed by atoms with Crippen LogP contribution < -0.4 is 9.47 Å². The smallest absolute Gasteiger partial charge is 0.178 e. The summed E-state index contributed by atoms with van der Waals surface area (Å²) in [5.74, 6) is 3.47. The van der Waals surface area contributed by atoms with Crippen LogP contribution in [-0.2, 0) is 5.41 Å². The van der Waals surface area contributed by atoms with Gasteiger partial charge < -0.3 is 9.47 Å². The van der Waals surface area contributed by atoms with Crippen LogP contribution in [0.3, 0.4) is 0 Å². The monoisotopic (exact) mass is 806 g/mol. The molecule has 0 unspecified atom stereocenters. The van der Waals surface area contributed by atoms with Crippen molar-refractivity contribution in [3.63, 3.8) is 0 Å². The van der Waals surface area contributed by atoms with E-state index >= 15 is 0 Å². The number of benzene rings is 9. The average Bonchev–Trinajstić information content (AvgIpc) is 3.68. The predicted octanol–water partition coefficient (Wildman–Crippen LogP) is 15.1. The highest BCUT2D eigenvalue weighted by Gasteiger charge is 2.48. The fraction of sp³-hybridized carbons (Fsp3) is 0.0169. The molecular weight excluding hydrogens is 769 g/mol. The first-order valence-electron chi connectivity index (χ1n) is 21.3. The maximum Gasteiger partial charge on any atom is 0.178 e. The van der Waals surface area contributed by atoms with E-state index in [0.717, 1.165) is 67.2 Å². The SMILES string of the molecule is c1ccc(-c2cccc(-c3cc(-c4ccc(-c5cccc6c5Oc5c(ccc7c5-c5ccccc5C7(c5ccccc5)c5ccccc5)O6)cc4)nc(-c4ccccc4)n3)c2)cc1. The van der Waals surface area contributed by atoms with Crippen LogP contribution in [0.2, 0.25) is 0 Å². The Kier molecular flexibility index (Phi) is 8.68. The summed E-state index contributed by atoms with van der Waals surface area (Å²) < 4.78 is 13.9. The second-order valence-electron chi connectivity index (χ2n) is 16.0. The molecule has 0 fully saturated rings. The Hall–Kier alpha value is -8.34. The van der Waals surface area contributed by atoms with Crippen molar-refractivity contribution in [1.82, 2.24) is 9.97 Å². The highest BCUT2D eigenvalue weighted by atomic mass is 16.6. The van der Waals surface area contributed by atoms with Crippen molar-refractivity contribution in [3.05, 3.63) is 253 Å². The topological polar surface area (TPSA) is 44.2 Å². The molecule has 10 aromatic rings. The number of aromatic nitrogens is 2. The molecule has 0 amide bonds. The van der Waals surface area contributed by atoms with Gasteiger partial charge in [-0.25, -0.2) is 9.97 Å². The summed E-state index contributed by atoms with van der Waals surface area (Å²) >= 11 is 0. The summed E-state index contributed by atoms with van der Waals surface area (Å²) in [6.07, 6.45) is 0. The Morgan fingerprint density at radius 1 is 0.317 bits per heavy atom. The largest absolute Gasteiger partial charge is 0.449 e. The number of para-hydroxylation sites is 1. The van der Waals surface area contributed by atoms with Gasteiger partial charge >= 0.3 is 0 Å². The van der Waals surface area contributed by atoms with E-state index in [0.29, 0.717) is 23.1 Å². The molecule has 296 valence electrons. The van der Waals surface area contributed by atoms with Gasteiger partial charge in [-0.2, -0.15) is 0 Å². The highest BCUT2D eigenvalue weighted by Crippen LogP contribution is 2.62. The van der Waals surface area contributed by atoms with E-state index in [4.69, 9.17) is 19.4 Å². The summed E-state index contributed by atoms with van der Waals surface area (Å²) in [6.45, 7) is 0. The molecule has 0 radical (unpaired) electrons. The summed E-state index contributed by atoms with van der Waals surface area (Å²) in [5, 5.41) is 0. The molecule has 0 N–H and O–H groups in total. The number of hydrogen-bond acceptors (Lipinski definition) is 4. The van der Waals surface area contributed by atoms with Gasteiger partial charge in [0.15, 0.2) is 28.8 Å². The number of nitrogens with zero attached hydrogens (tertiary/aromatic N) is 2. The third kappa shape index (κ3) is 6.07. The van der Waals surface area contributed by atoms with Crippen molar-refractivity contribution >= 4 is 0 Å². The second kappa shape index (κ2) is 15.0. The normalized spacial score (nSPS) is 12.8. The van der Waals surface area contributed by atoms with E-state index in [1.165, 1.54) is 22.3 Å². The maximum atomic E-state index is 7.17. The van der Waals surface area contributed by atoms with Gasteiger partial charge in [-0.1, -0.05) is 206 Å². The molecule has 0 spiro atoms. The molecule has 0 saturated carbocycles. The van der Waals surface area contributed by atoms with Crippen molar-refractivity contribution in [2.75, 3.05) is 0 Å². The maximum absolute atomic E-state index is 7.17. The Morgan fingerprint density at radius 2 is 0.857 bits per heavy atom. The van der Waals surface area contributed by atoms with E-state index < -0.39 is 5.41 Å². The minimum absolute atomic E-state index is 0.547. The molecule has 4 nitrogen and oxygen atoms in total. The lowest BCUT2D eigenvalue weighted by Crippen LogP contribution is -2.28. The van der Waals surface area contributed by atoms with Gasteiger partial charge in [-0.15, -0.1) is 0 Å². The lowest BCUT2D eigenvalue weighted by atomic mass is 9.68. The predicted molar refractivity (Wildman–Crippen MR) is 253 cm³/mol. The minimum atomic E-state index is -0.547. The number of hydrogen-bond donors (Lipinski definition) is 0. The fourth-order valence-electron chi connectivity index (χ4n) is 9.58. The van der Waals surface area contributed by atoms with Crippen LogP contribution in [0.15, 0.2) is 231 Å². The van der Waals surface area contributed by atoms with Gasteiger partial charge in [-0.3, -0.25) is 0 Å². The van der Waals surface area contributed by atoms with Crippen molar-refractivity contribution in [2.45, 2.75) is 5.41 Å². The standard InChI is InChI=1S/C59H38N2O2/c1-5-17-39(18-6-1)43-21-15-22-44(37-43)52-38-51(60-58(61-52)42-19-7-2-8-20-42)41-33-31-40(32-34-41)47-28-16-30-53-56(47)63-57-54(62-53)36-35-50-55(57)48-27-13-14-29-49(48)59(50,45-23-9-3-10-24-45)46-25-11-4-12-26-46/h1-38H. The van der Waals surface area contributed by atoms with Crippen LogP contribution in [0, 0.1) is 0 Å². The average molecular weight is 807 g/mol. The summed E-state index contributed by atoms with van der Waals surface area (Å²) in [7, 11) is 0. The van der Waals surface area contributed by atoms with Gasteiger partial charge in [0.25, 0.3) is 0 Å². The zero-order chi connectivity index (χ0) is 41.7. The van der Waals surface area contributed by atoms with E-state index in [2.05, 4.69) is 194 Å². The van der Waals surface area contributed by atoms with Gasteiger partial charge in [0.05, 0.1) is 16.8 Å². The second-order valence-corrected chi connectivity index (χ2v) is 16.0. The van der Waals surface area contributed by atoms with Gasteiger partial charge in [0, 0.05) is 27.8 Å². The molecule has 0 saturated heterocycles. The molecule has 2 heterocycles. The van der Waals surface area contributed by atoms with Gasteiger partial charge in [0.2, 0.25) is 0 Å². The Bertz CT molecular complexity index is 3270. The Labute approximate surface area is 366 Å². The molecular formula is C59H38N2O2. The van der Waals surface area contributed by atoms with Crippen LogP contribution in [0.4, 0.5) is 0 Å². The van der Waals surface area contributed by atoms with Crippen molar-refractivity contribution in [3.8, 4) is 90.3 Å². The van der Waals surface area contributed by atoms with Gasteiger partial charge in [0.1, 0.15) is 0 Å². The van der Waals surface area contributed by atoms with Crippen LogP contribution in [0.5, 0.6) is 23.0 Å². The fourth-order valence-corrected chi connectivity index (χ4v) is 9.58. The minimum Gasteiger partial charge on any atom is -0.449 e. The first-order valence-corrected chi connectivity index (χ1v) is 21.3. The van der Waals surface area contributed by atoms with Crippen LogP contribution in [0.25, 0.3) is 67.3 Å². The zero-order valence-corrected chi connectivity index (χ0v) is 34.2. The molecule has 0 atom stereocenters. The van der Waals surface area contributed by atoms with E-state index in [-0.39, 0.29) is 0 Å². The summed E-state index contributed by atoms with van der Waals surface area (Å²) in [5.41, 5.74) is 15.4. The quantitative estimate of drug-likeness (QED) is 0.161. The van der Waals surface area contributed by atoms with Crippen LogP contribution >= 0.6 is 0 Å². The number of ether oxygens (including phenoxy) is 2. The highest BCUT2D eigenvalue weighted by molar-refractivity contribution is 5.92. The molecule has 1 aliphatic heterocycles. The third-order valence-electron chi connectivity index (χ3n) is 12.5. The Morgan fingerprint density at radius 3 is 1.57 bits per heavy atom. The van der Waals surface area contributed by atoms with Crippen molar-refractivity contribution in [1.29, 1.82) is 0 Å². The van der Waals surface area contributed by atoms with Crippen LogP contribution in [-0.4, -0.2) is 9.97 Å². The first kappa shape index (κ1) is 36.5. The van der Waals surface area contributed by atoms with E-state index in [1.54, 1.807) is 0 Å². The van der Waals surface area contributed by atoms with Gasteiger partial charge in [-0.05, 0) is 68.8 Å². The molecule has 12 rings (SSSR count). The lowest BCUT2D eigenvalue weighted by Gasteiger charge is -2.34. The zero-order valence-electron chi connectivity index (χ0n) is 34.2. The summed E-state index contributed by atoms with van der Waals surface area (Å²) in [6, 6.07) is 80.6. The molecule has 0 bridgehead atoms. The van der Waals surface area contributed by atoms with Crippen molar-refractivity contribution < 1.29 is 9.47 Å². The van der Waals surface area contributed by atoms with E-state index in [1.807, 2.05) is 36.4 Å². The van der Waals surface area contributed by atoms with E-state index in [9.17, 15) is 0 Å². The summed E-state index contributed by atoms with van der Waals surface area (Å²) in [4.78, 5) is 10.2. The lowest BCUT2D eigenvalue weighted by molar-refractivity contribution is 0.361. The molecule has 4 heteroatoms. The number of rotatable bonds is 7. The molecule has 63 heavy (non-hydrogen) atoms. The third-order valence-corrected chi connectivity index (χ3v) is 12.5. The molecule has 9 aromatic carbocycles. The Balaban J connectivity index is 0.945. The van der Waals surface area contributed by atoms with Crippen molar-refractivity contribution in [2.24, 2.45) is 0 Å². The molecule has 1 aliphatic carbocycles. The molecule has 2 aliphatic rings. The van der Waals surface area contributed by atoms with Crippen LogP contribution in [0.1, 0.15) is 22.3 Å². The number of fused-ring (bicyclic) bond motifs is 6. The molecule has 1 aromatic heterocycles. The first-order chi connectivity index (χ1) is 31.2.